The summed E-state index contributed by atoms with van der Waals surface area (Å²) in [7, 11) is 0. The van der Waals surface area contributed by atoms with Gasteiger partial charge in [-0.05, 0) is 18.6 Å². The Morgan fingerprint density at radius 3 is 2.78 bits per heavy atom. The Balaban J connectivity index is 2.68. The monoisotopic (exact) mass is 284 g/mol. The van der Waals surface area contributed by atoms with Gasteiger partial charge in [0.25, 0.3) is 0 Å². The Kier molecular flexibility index (Phi) is 6.09. The van der Waals surface area contributed by atoms with Crippen molar-refractivity contribution in [3.63, 3.8) is 0 Å². The van der Waals surface area contributed by atoms with Crippen molar-refractivity contribution in [2.45, 2.75) is 32.6 Å². The van der Waals surface area contributed by atoms with Crippen molar-refractivity contribution < 1.29 is 4.79 Å². The van der Waals surface area contributed by atoms with E-state index in [0.29, 0.717) is 22.7 Å². The average Bonchev–Trinajstić information content (AvgIpc) is 2.32. The second-order valence-electron chi connectivity index (χ2n) is 4.06. The maximum atomic E-state index is 11.7. The van der Waals surface area contributed by atoms with Gasteiger partial charge in [-0.15, -0.1) is 0 Å². The summed E-state index contributed by atoms with van der Waals surface area (Å²) in [5, 5.41) is 3.26. The summed E-state index contributed by atoms with van der Waals surface area (Å²) in [6.07, 6.45) is 3.52. The number of anilines is 1. The molecule has 1 aromatic carbocycles. The van der Waals surface area contributed by atoms with E-state index in [9.17, 15) is 4.79 Å². The van der Waals surface area contributed by atoms with Gasteiger partial charge in [-0.3, -0.25) is 4.79 Å². The highest BCUT2D eigenvalue weighted by molar-refractivity contribution is 7.80. The molecular formula is C13H17ClN2OS. The van der Waals surface area contributed by atoms with Gasteiger partial charge in [-0.2, -0.15) is 0 Å². The number of hydrogen-bond acceptors (Lipinski definition) is 2. The van der Waals surface area contributed by atoms with E-state index in [2.05, 4.69) is 12.2 Å². The number of unbranched alkanes of at least 4 members (excludes halogenated alkanes) is 2. The van der Waals surface area contributed by atoms with Gasteiger partial charge in [0.2, 0.25) is 5.91 Å². The summed E-state index contributed by atoms with van der Waals surface area (Å²) < 4.78 is 0. The van der Waals surface area contributed by atoms with Crippen LogP contribution in [0.4, 0.5) is 5.69 Å². The number of rotatable bonds is 6. The normalized spacial score (nSPS) is 10.1. The Hall–Kier alpha value is -1.13. The van der Waals surface area contributed by atoms with Crippen LogP contribution in [0.3, 0.4) is 0 Å². The first-order valence-corrected chi connectivity index (χ1v) is 6.72. The molecule has 0 spiro atoms. The average molecular weight is 285 g/mol. The van der Waals surface area contributed by atoms with Crippen LogP contribution in [0.25, 0.3) is 0 Å². The molecular weight excluding hydrogens is 268 g/mol. The highest BCUT2D eigenvalue weighted by atomic mass is 35.5. The zero-order chi connectivity index (χ0) is 13.5. The van der Waals surface area contributed by atoms with Crippen LogP contribution in [0.2, 0.25) is 5.02 Å². The Morgan fingerprint density at radius 2 is 2.17 bits per heavy atom. The Morgan fingerprint density at radius 1 is 1.44 bits per heavy atom. The SMILES string of the molecule is CCCCCC(=O)Nc1cc(C(N)=S)ccc1Cl. The van der Waals surface area contributed by atoms with Crippen molar-refractivity contribution in [1.82, 2.24) is 0 Å². The van der Waals surface area contributed by atoms with Gasteiger partial charge >= 0.3 is 0 Å². The third kappa shape index (κ3) is 4.63. The fraction of sp³-hybridized carbons (Fsp3) is 0.385. The smallest absolute Gasteiger partial charge is 0.224 e. The molecule has 98 valence electrons. The summed E-state index contributed by atoms with van der Waals surface area (Å²) in [5.41, 5.74) is 6.79. The van der Waals surface area contributed by atoms with Gasteiger partial charge in [0.15, 0.2) is 0 Å². The number of halogens is 1. The number of benzene rings is 1. The van der Waals surface area contributed by atoms with Gasteiger partial charge in [0.1, 0.15) is 4.99 Å². The molecule has 0 unspecified atom stereocenters. The van der Waals surface area contributed by atoms with E-state index < -0.39 is 0 Å². The van der Waals surface area contributed by atoms with Crippen LogP contribution in [-0.2, 0) is 4.79 Å². The molecule has 0 atom stereocenters. The zero-order valence-electron chi connectivity index (χ0n) is 10.3. The minimum absolute atomic E-state index is 0.0366. The molecule has 0 saturated carbocycles. The van der Waals surface area contributed by atoms with E-state index >= 15 is 0 Å². The van der Waals surface area contributed by atoms with Crippen molar-refractivity contribution >= 4 is 40.4 Å². The van der Waals surface area contributed by atoms with Gasteiger partial charge in [-0.1, -0.05) is 49.7 Å². The second-order valence-corrected chi connectivity index (χ2v) is 4.91. The molecule has 1 rings (SSSR count). The summed E-state index contributed by atoms with van der Waals surface area (Å²) in [6.45, 7) is 2.10. The predicted octanol–water partition coefficient (Wildman–Crippen LogP) is 3.49. The van der Waals surface area contributed by atoms with Crippen LogP contribution in [0.1, 0.15) is 38.2 Å². The summed E-state index contributed by atoms with van der Waals surface area (Å²) in [4.78, 5) is 12.0. The molecule has 0 aliphatic heterocycles. The molecule has 3 nitrogen and oxygen atoms in total. The van der Waals surface area contributed by atoms with E-state index in [-0.39, 0.29) is 10.9 Å². The molecule has 3 N–H and O–H groups in total. The molecule has 0 aromatic heterocycles. The third-order valence-electron chi connectivity index (χ3n) is 2.53. The van der Waals surface area contributed by atoms with Crippen molar-refractivity contribution in [3.05, 3.63) is 28.8 Å². The van der Waals surface area contributed by atoms with E-state index in [1.807, 2.05) is 0 Å². The first kappa shape index (κ1) is 14.9. The molecule has 18 heavy (non-hydrogen) atoms. The lowest BCUT2D eigenvalue weighted by atomic mass is 10.1. The van der Waals surface area contributed by atoms with Crippen LogP contribution in [0.5, 0.6) is 0 Å². The van der Waals surface area contributed by atoms with Crippen molar-refractivity contribution in [2.75, 3.05) is 5.32 Å². The van der Waals surface area contributed by atoms with Gasteiger partial charge in [-0.25, -0.2) is 0 Å². The van der Waals surface area contributed by atoms with Crippen LogP contribution >= 0.6 is 23.8 Å². The van der Waals surface area contributed by atoms with Crippen LogP contribution in [0.15, 0.2) is 18.2 Å². The van der Waals surface area contributed by atoms with E-state index in [1.54, 1.807) is 18.2 Å². The molecule has 0 bridgehead atoms. The molecule has 1 amide bonds. The largest absolute Gasteiger partial charge is 0.389 e. The second kappa shape index (κ2) is 7.34. The molecule has 5 heteroatoms. The lowest BCUT2D eigenvalue weighted by Crippen LogP contribution is -2.14. The molecule has 0 radical (unpaired) electrons. The van der Waals surface area contributed by atoms with E-state index in [4.69, 9.17) is 29.6 Å². The summed E-state index contributed by atoms with van der Waals surface area (Å²) in [5.74, 6) is -0.0366. The first-order chi connectivity index (χ1) is 8.54. The predicted molar refractivity (Wildman–Crippen MR) is 80.1 cm³/mol. The maximum Gasteiger partial charge on any atom is 0.224 e. The van der Waals surface area contributed by atoms with Gasteiger partial charge < -0.3 is 11.1 Å². The maximum absolute atomic E-state index is 11.7. The Bertz CT molecular complexity index is 449. The minimum atomic E-state index is -0.0366. The van der Waals surface area contributed by atoms with Crippen LogP contribution in [0, 0.1) is 0 Å². The first-order valence-electron chi connectivity index (χ1n) is 5.93. The lowest BCUT2D eigenvalue weighted by molar-refractivity contribution is -0.116. The van der Waals surface area contributed by atoms with Crippen molar-refractivity contribution in [3.8, 4) is 0 Å². The van der Waals surface area contributed by atoms with Crippen molar-refractivity contribution in [1.29, 1.82) is 0 Å². The number of carbonyl (C=O) groups excluding carboxylic acids is 1. The fourth-order valence-electron chi connectivity index (χ4n) is 1.52. The van der Waals surface area contributed by atoms with Crippen molar-refractivity contribution in [2.24, 2.45) is 5.73 Å². The molecule has 1 aromatic rings. The Labute approximate surface area is 118 Å². The van der Waals surface area contributed by atoms with Gasteiger partial charge in [0.05, 0.1) is 10.7 Å². The topological polar surface area (TPSA) is 55.1 Å². The standard InChI is InChI=1S/C13H17ClN2OS/c1-2-3-4-5-12(17)16-11-8-9(13(15)18)6-7-10(11)14/h6-8H,2-5H2,1H3,(H2,15,18)(H,16,17). The van der Waals surface area contributed by atoms with Crippen LogP contribution < -0.4 is 11.1 Å². The highest BCUT2D eigenvalue weighted by Crippen LogP contribution is 2.23. The molecule has 0 aliphatic carbocycles. The van der Waals surface area contributed by atoms with Gasteiger partial charge in [0, 0.05) is 12.0 Å². The van der Waals surface area contributed by atoms with E-state index in [1.165, 1.54) is 0 Å². The summed E-state index contributed by atoms with van der Waals surface area (Å²) >= 11 is 10.9. The molecule has 0 saturated heterocycles. The number of hydrogen-bond donors (Lipinski definition) is 2. The van der Waals surface area contributed by atoms with E-state index in [0.717, 1.165) is 19.3 Å². The molecule has 0 fully saturated rings. The number of nitrogens with one attached hydrogen (secondary N) is 1. The van der Waals surface area contributed by atoms with Crippen LogP contribution in [-0.4, -0.2) is 10.9 Å². The molecule has 0 heterocycles. The highest BCUT2D eigenvalue weighted by Gasteiger charge is 2.07. The fourth-order valence-corrected chi connectivity index (χ4v) is 1.81. The quantitative estimate of drug-likeness (QED) is 0.621. The number of thiocarbonyl (C=S) groups is 1. The minimum Gasteiger partial charge on any atom is -0.389 e. The summed E-state index contributed by atoms with van der Waals surface area (Å²) in [6, 6.07) is 5.11. The number of nitrogens with two attached hydrogens (primary N) is 1. The number of carbonyl (C=O) groups is 1. The molecule has 0 aliphatic rings. The lowest BCUT2D eigenvalue weighted by Gasteiger charge is -2.09. The zero-order valence-corrected chi connectivity index (χ0v) is 11.9. The third-order valence-corrected chi connectivity index (χ3v) is 3.10. The number of amides is 1.